The number of halogens is 1. The van der Waals surface area contributed by atoms with Gasteiger partial charge in [0.1, 0.15) is 23.2 Å². The Morgan fingerprint density at radius 2 is 1.94 bits per heavy atom. The van der Waals surface area contributed by atoms with Crippen LogP contribution in [0.3, 0.4) is 0 Å². The topological polar surface area (TPSA) is 80.3 Å². The van der Waals surface area contributed by atoms with Crippen molar-refractivity contribution in [1.82, 2.24) is 20.2 Å². The molecule has 3 aromatic rings. The van der Waals surface area contributed by atoms with E-state index in [1.54, 1.807) is 6.21 Å². The number of nitrogens with two attached hydrogens (primary N) is 1. The van der Waals surface area contributed by atoms with Gasteiger partial charge in [-0.25, -0.2) is 9.98 Å². The first-order chi connectivity index (χ1) is 16.5. The van der Waals surface area contributed by atoms with Crippen LogP contribution in [-0.2, 0) is 6.54 Å². The fourth-order valence-corrected chi connectivity index (χ4v) is 4.61. The molecule has 4 N–H and O–H groups in total. The highest BCUT2D eigenvalue weighted by Crippen LogP contribution is 2.31. The molecule has 7 heteroatoms. The first kappa shape index (κ1) is 24.0. The van der Waals surface area contributed by atoms with Crippen LogP contribution >= 0.6 is 11.6 Å². The monoisotopic (exact) mass is 476 g/mol. The average Bonchev–Trinajstić information content (AvgIpc) is 3.17. The van der Waals surface area contributed by atoms with E-state index in [-0.39, 0.29) is 6.04 Å². The van der Waals surface area contributed by atoms with Gasteiger partial charge in [-0.15, -0.1) is 0 Å². The number of aliphatic imine (C=N–C) groups is 1. The molecule has 0 bridgehead atoms. The van der Waals surface area contributed by atoms with E-state index in [4.69, 9.17) is 22.3 Å². The number of benzene rings is 2. The second-order valence-electron chi connectivity index (χ2n) is 8.80. The number of imidazole rings is 1. The third kappa shape index (κ3) is 5.88. The Bertz CT molecular complexity index is 1130. The molecule has 178 valence electrons. The van der Waals surface area contributed by atoms with Crippen molar-refractivity contribution in [2.24, 2.45) is 10.9 Å². The van der Waals surface area contributed by atoms with Gasteiger partial charge in [0.25, 0.3) is 0 Å². The van der Waals surface area contributed by atoms with Gasteiger partial charge in [-0.2, -0.15) is 0 Å². The Labute approximate surface area is 207 Å². The molecule has 4 rings (SSSR count). The van der Waals surface area contributed by atoms with E-state index in [2.05, 4.69) is 45.8 Å². The van der Waals surface area contributed by atoms with Gasteiger partial charge in [0.2, 0.25) is 0 Å². The van der Waals surface area contributed by atoms with Crippen LogP contribution in [0.2, 0.25) is 5.02 Å². The van der Waals surface area contributed by atoms with Gasteiger partial charge in [0.05, 0.1) is 11.2 Å². The lowest BCUT2D eigenvalue weighted by Crippen LogP contribution is -2.28. The third-order valence-electron chi connectivity index (χ3n) is 6.40. The quantitative estimate of drug-likeness (QED) is 0.360. The first-order valence-electron chi connectivity index (χ1n) is 11.9. The van der Waals surface area contributed by atoms with E-state index in [1.165, 1.54) is 18.4 Å². The Morgan fingerprint density at radius 1 is 1.24 bits per heavy atom. The molecule has 0 spiro atoms. The predicted octanol–water partition coefficient (Wildman–Crippen LogP) is 5.42. The molecule has 1 aromatic heterocycles. The van der Waals surface area contributed by atoms with Gasteiger partial charge < -0.3 is 20.9 Å². The fourth-order valence-electron chi connectivity index (χ4n) is 4.39. The van der Waals surface area contributed by atoms with E-state index < -0.39 is 0 Å². The van der Waals surface area contributed by atoms with Gasteiger partial charge in [0, 0.05) is 18.2 Å². The molecule has 6 nitrogen and oxygen atoms in total. The van der Waals surface area contributed by atoms with Gasteiger partial charge >= 0.3 is 0 Å². The normalized spacial score (nSPS) is 15.5. The standard InChI is InChI=1S/C27H33ClN6/c1-19(22-8-4-3-5-9-22)32-20(2)31-18-25-26(29)34(17-14-21-12-15-30-16-13-21)27(33-25)23-10-6-7-11-24(23)28/h3-11,18-19,21,30,32H,2,12-17,29H2,1H3/b31-18-. The Hall–Kier alpha value is -3.09. The molecule has 0 amide bonds. The van der Waals surface area contributed by atoms with Crippen molar-refractivity contribution in [3.63, 3.8) is 0 Å². The Morgan fingerprint density at radius 3 is 2.68 bits per heavy atom. The summed E-state index contributed by atoms with van der Waals surface area (Å²) in [6.07, 6.45) is 5.12. The summed E-state index contributed by atoms with van der Waals surface area (Å²) >= 11 is 6.52. The van der Waals surface area contributed by atoms with Crippen LogP contribution in [-0.4, -0.2) is 28.9 Å². The van der Waals surface area contributed by atoms with Crippen molar-refractivity contribution in [1.29, 1.82) is 0 Å². The molecule has 1 aliphatic heterocycles. The molecule has 1 fully saturated rings. The smallest absolute Gasteiger partial charge is 0.143 e. The Kier molecular flexibility index (Phi) is 8.03. The molecular weight excluding hydrogens is 444 g/mol. The third-order valence-corrected chi connectivity index (χ3v) is 6.72. The van der Waals surface area contributed by atoms with E-state index in [0.29, 0.717) is 28.3 Å². The minimum absolute atomic E-state index is 0.0874. The summed E-state index contributed by atoms with van der Waals surface area (Å²) in [5.41, 5.74) is 9.25. The van der Waals surface area contributed by atoms with Crippen LogP contribution in [0.1, 0.15) is 43.5 Å². The molecular formula is C27H33ClN6. The fraction of sp³-hybridized carbons (Fsp3) is 0.333. The summed E-state index contributed by atoms with van der Waals surface area (Å²) in [4.78, 5) is 9.35. The first-order valence-corrected chi connectivity index (χ1v) is 12.3. The minimum Gasteiger partial charge on any atom is -0.383 e. The van der Waals surface area contributed by atoms with Crippen molar-refractivity contribution in [2.75, 3.05) is 18.8 Å². The van der Waals surface area contributed by atoms with Gasteiger partial charge in [-0.05, 0) is 62.9 Å². The zero-order valence-corrected chi connectivity index (χ0v) is 20.4. The van der Waals surface area contributed by atoms with E-state index in [0.717, 1.165) is 37.4 Å². The predicted molar refractivity (Wildman–Crippen MR) is 142 cm³/mol. The lowest BCUT2D eigenvalue weighted by Gasteiger charge is -2.23. The number of nitrogens with one attached hydrogen (secondary N) is 2. The molecule has 1 atom stereocenters. The number of anilines is 1. The van der Waals surface area contributed by atoms with Crippen molar-refractivity contribution in [3.8, 4) is 11.4 Å². The summed E-state index contributed by atoms with van der Waals surface area (Å²) in [5, 5.41) is 7.41. The highest BCUT2D eigenvalue weighted by Gasteiger charge is 2.19. The number of piperidine rings is 1. The van der Waals surface area contributed by atoms with Crippen LogP contribution in [0.5, 0.6) is 0 Å². The maximum Gasteiger partial charge on any atom is 0.143 e. The Balaban J connectivity index is 1.54. The summed E-state index contributed by atoms with van der Waals surface area (Å²) in [7, 11) is 0. The molecule has 1 saturated heterocycles. The SMILES string of the molecule is C=C(/N=C\c1nc(-c2ccccc2Cl)n(CCC2CCNCC2)c1N)NC(C)c1ccccc1. The van der Waals surface area contributed by atoms with E-state index in [9.17, 15) is 0 Å². The van der Waals surface area contributed by atoms with E-state index >= 15 is 0 Å². The average molecular weight is 477 g/mol. The molecule has 0 saturated carbocycles. The maximum atomic E-state index is 6.59. The van der Waals surface area contributed by atoms with E-state index in [1.807, 2.05) is 42.5 Å². The van der Waals surface area contributed by atoms with Crippen molar-refractivity contribution >= 4 is 23.6 Å². The molecule has 1 aliphatic rings. The van der Waals surface area contributed by atoms with Crippen LogP contribution in [0.25, 0.3) is 11.4 Å². The summed E-state index contributed by atoms with van der Waals surface area (Å²) < 4.78 is 2.08. The highest BCUT2D eigenvalue weighted by molar-refractivity contribution is 6.33. The number of aromatic nitrogens is 2. The van der Waals surface area contributed by atoms with Crippen molar-refractivity contribution in [2.45, 2.75) is 38.8 Å². The highest BCUT2D eigenvalue weighted by atomic mass is 35.5. The van der Waals surface area contributed by atoms with Crippen LogP contribution in [0, 0.1) is 5.92 Å². The zero-order chi connectivity index (χ0) is 23.9. The minimum atomic E-state index is 0.0874. The second kappa shape index (κ2) is 11.4. The number of rotatable bonds is 9. The summed E-state index contributed by atoms with van der Waals surface area (Å²) in [6.45, 7) is 9.08. The molecule has 0 aliphatic carbocycles. The maximum absolute atomic E-state index is 6.59. The lowest BCUT2D eigenvalue weighted by molar-refractivity contribution is 0.339. The summed E-state index contributed by atoms with van der Waals surface area (Å²) in [6, 6.07) is 18.0. The van der Waals surface area contributed by atoms with Crippen LogP contribution in [0.15, 0.2) is 72.0 Å². The van der Waals surface area contributed by atoms with Crippen LogP contribution < -0.4 is 16.4 Å². The number of hydrogen-bond acceptors (Lipinski definition) is 5. The second-order valence-corrected chi connectivity index (χ2v) is 9.21. The lowest BCUT2D eigenvalue weighted by atomic mass is 9.95. The zero-order valence-electron chi connectivity index (χ0n) is 19.7. The van der Waals surface area contributed by atoms with Crippen molar-refractivity contribution in [3.05, 3.63) is 83.3 Å². The molecule has 1 unspecified atom stereocenters. The van der Waals surface area contributed by atoms with Crippen molar-refractivity contribution < 1.29 is 0 Å². The molecule has 0 radical (unpaired) electrons. The number of nitrogen functional groups attached to an aromatic ring is 1. The van der Waals surface area contributed by atoms with Gasteiger partial charge in [0.15, 0.2) is 0 Å². The molecule has 34 heavy (non-hydrogen) atoms. The van der Waals surface area contributed by atoms with Gasteiger partial charge in [-0.1, -0.05) is 60.6 Å². The molecule has 2 heterocycles. The number of nitrogens with zero attached hydrogens (tertiary/aromatic N) is 3. The number of hydrogen-bond donors (Lipinski definition) is 3. The molecule has 2 aromatic carbocycles. The largest absolute Gasteiger partial charge is 0.383 e. The van der Waals surface area contributed by atoms with Gasteiger partial charge in [-0.3, -0.25) is 0 Å². The van der Waals surface area contributed by atoms with Crippen LogP contribution in [0.4, 0.5) is 5.82 Å². The summed E-state index contributed by atoms with van der Waals surface area (Å²) in [5.74, 6) is 2.60.